The van der Waals surface area contributed by atoms with Crippen LogP contribution in [0, 0.1) is 0 Å². The van der Waals surface area contributed by atoms with E-state index < -0.39 is 0 Å². The zero-order valence-corrected chi connectivity index (χ0v) is 12.3. The number of hydrogen-bond donors (Lipinski definition) is 0. The van der Waals surface area contributed by atoms with E-state index in [2.05, 4.69) is 10.2 Å². The van der Waals surface area contributed by atoms with Gasteiger partial charge in [-0.05, 0) is 35.2 Å². The third-order valence-electron chi connectivity index (χ3n) is 3.89. The second kappa shape index (κ2) is 5.75. The van der Waals surface area contributed by atoms with Crippen LogP contribution in [0.1, 0.15) is 30.1 Å². The van der Waals surface area contributed by atoms with E-state index in [1.165, 1.54) is 0 Å². The minimum Gasteiger partial charge on any atom is -0.342 e. The Morgan fingerprint density at radius 2 is 2.25 bits per heavy atom. The van der Waals surface area contributed by atoms with Crippen molar-refractivity contribution in [2.75, 3.05) is 13.1 Å². The normalized spacial score (nSPS) is 16.6. The van der Waals surface area contributed by atoms with Crippen LogP contribution in [0.15, 0.2) is 23.2 Å². The number of hydrogen-bond acceptors (Lipinski definition) is 4. The van der Waals surface area contributed by atoms with Gasteiger partial charge >= 0.3 is 0 Å². The molecule has 1 saturated heterocycles. The molecule has 0 unspecified atom stereocenters. The monoisotopic (exact) mass is 290 g/mol. The lowest BCUT2D eigenvalue weighted by Crippen LogP contribution is -2.39. The van der Waals surface area contributed by atoms with Crippen LogP contribution >= 0.6 is 11.3 Å². The number of carbonyl (C=O) groups excluding carboxylic acids is 1. The first kappa shape index (κ1) is 13.3. The summed E-state index contributed by atoms with van der Waals surface area (Å²) in [5.74, 6) is 1.70. The maximum Gasteiger partial charge on any atom is 0.227 e. The first-order chi connectivity index (χ1) is 9.74. The molecule has 0 saturated carbocycles. The Labute approximate surface area is 122 Å². The Bertz CT molecular complexity index is 570. The highest BCUT2D eigenvalue weighted by molar-refractivity contribution is 7.07. The molecular formula is C14H18N4OS. The Morgan fingerprint density at radius 3 is 2.85 bits per heavy atom. The van der Waals surface area contributed by atoms with Crippen molar-refractivity contribution in [1.82, 2.24) is 19.7 Å². The fourth-order valence-corrected chi connectivity index (χ4v) is 3.40. The first-order valence-corrected chi connectivity index (χ1v) is 7.81. The second-order valence-corrected chi connectivity index (χ2v) is 6.04. The summed E-state index contributed by atoms with van der Waals surface area (Å²) in [7, 11) is 1.98. The average molecular weight is 290 g/mol. The molecule has 0 spiro atoms. The number of aromatic nitrogens is 3. The van der Waals surface area contributed by atoms with Crippen LogP contribution in [0.2, 0.25) is 0 Å². The highest BCUT2D eigenvalue weighted by Gasteiger charge is 2.26. The lowest BCUT2D eigenvalue weighted by molar-refractivity contribution is -0.131. The Hall–Kier alpha value is -1.69. The van der Waals surface area contributed by atoms with Crippen LogP contribution in [0.25, 0.3) is 0 Å². The second-order valence-electron chi connectivity index (χ2n) is 5.26. The first-order valence-electron chi connectivity index (χ1n) is 6.87. The molecule has 0 bridgehead atoms. The van der Waals surface area contributed by atoms with Crippen molar-refractivity contribution in [3.8, 4) is 0 Å². The number of likely N-dealkylation sites (tertiary alicyclic amines) is 1. The number of amides is 1. The fourth-order valence-electron chi connectivity index (χ4n) is 2.73. The van der Waals surface area contributed by atoms with Gasteiger partial charge in [0.25, 0.3) is 0 Å². The molecule has 1 aliphatic rings. The van der Waals surface area contributed by atoms with E-state index in [0.29, 0.717) is 12.3 Å². The molecule has 0 aliphatic carbocycles. The fraction of sp³-hybridized carbons (Fsp3) is 0.500. The number of carbonyl (C=O) groups is 1. The van der Waals surface area contributed by atoms with E-state index >= 15 is 0 Å². The zero-order valence-electron chi connectivity index (χ0n) is 11.5. The molecule has 1 amide bonds. The van der Waals surface area contributed by atoms with Gasteiger partial charge in [-0.25, -0.2) is 0 Å². The molecule has 0 N–H and O–H groups in total. The van der Waals surface area contributed by atoms with Gasteiger partial charge < -0.3 is 9.47 Å². The molecule has 3 rings (SSSR count). The standard InChI is InChI=1S/C14H18N4OS/c1-17-10-15-16-14(17)12-2-5-18(6-3-12)13(19)8-11-4-7-20-9-11/h4,7,9-10,12H,2-3,5-6,8H2,1H3. The molecule has 0 atom stereocenters. The van der Waals surface area contributed by atoms with Crippen LogP contribution in [-0.2, 0) is 18.3 Å². The molecule has 0 radical (unpaired) electrons. The number of thiophene rings is 1. The maximum atomic E-state index is 12.2. The summed E-state index contributed by atoms with van der Waals surface area (Å²) in [5.41, 5.74) is 1.12. The van der Waals surface area contributed by atoms with Crippen molar-refractivity contribution in [2.24, 2.45) is 7.05 Å². The summed E-state index contributed by atoms with van der Waals surface area (Å²) < 4.78 is 1.98. The van der Waals surface area contributed by atoms with Gasteiger partial charge in [-0.15, -0.1) is 10.2 Å². The number of aryl methyl sites for hydroxylation is 1. The van der Waals surface area contributed by atoms with E-state index in [1.807, 2.05) is 33.3 Å². The molecule has 1 aliphatic heterocycles. The summed E-state index contributed by atoms with van der Waals surface area (Å²) in [5, 5.41) is 12.2. The van der Waals surface area contributed by atoms with Crippen LogP contribution < -0.4 is 0 Å². The summed E-state index contributed by atoms with van der Waals surface area (Å²) in [6.45, 7) is 1.64. The molecule has 0 aromatic carbocycles. The smallest absolute Gasteiger partial charge is 0.227 e. The van der Waals surface area contributed by atoms with Crippen molar-refractivity contribution in [1.29, 1.82) is 0 Å². The van der Waals surface area contributed by atoms with Crippen LogP contribution in [0.3, 0.4) is 0 Å². The molecule has 2 aromatic heterocycles. The van der Waals surface area contributed by atoms with Crippen LogP contribution in [0.5, 0.6) is 0 Å². The zero-order chi connectivity index (χ0) is 13.9. The molecular weight excluding hydrogens is 272 g/mol. The molecule has 1 fully saturated rings. The largest absolute Gasteiger partial charge is 0.342 e. The van der Waals surface area contributed by atoms with Gasteiger partial charge in [-0.3, -0.25) is 4.79 Å². The minimum absolute atomic E-state index is 0.236. The van der Waals surface area contributed by atoms with Gasteiger partial charge in [-0.2, -0.15) is 11.3 Å². The molecule has 106 valence electrons. The molecule has 5 nitrogen and oxygen atoms in total. The maximum absolute atomic E-state index is 12.2. The Balaban J connectivity index is 1.56. The van der Waals surface area contributed by atoms with Gasteiger partial charge in [0.15, 0.2) is 0 Å². The highest BCUT2D eigenvalue weighted by atomic mass is 32.1. The lowest BCUT2D eigenvalue weighted by atomic mass is 9.95. The van der Waals surface area contributed by atoms with Crippen molar-refractivity contribution in [2.45, 2.75) is 25.2 Å². The van der Waals surface area contributed by atoms with Crippen LogP contribution in [0.4, 0.5) is 0 Å². The molecule has 3 heterocycles. The van der Waals surface area contributed by atoms with Gasteiger partial charge in [0.2, 0.25) is 5.91 Å². The van der Waals surface area contributed by atoms with Crippen molar-refractivity contribution < 1.29 is 4.79 Å². The van der Waals surface area contributed by atoms with Gasteiger partial charge in [-0.1, -0.05) is 0 Å². The third-order valence-corrected chi connectivity index (χ3v) is 4.63. The van der Waals surface area contributed by atoms with Gasteiger partial charge in [0.05, 0.1) is 6.42 Å². The average Bonchev–Trinajstić information content (AvgIpc) is 3.10. The van der Waals surface area contributed by atoms with E-state index in [1.54, 1.807) is 17.7 Å². The van der Waals surface area contributed by atoms with Crippen molar-refractivity contribution in [3.63, 3.8) is 0 Å². The lowest BCUT2D eigenvalue weighted by Gasteiger charge is -2.31. The summed E-state index contributed by atoms with van der Waals surface area (Å²) in [6.07, 6.45) is 4.21. The van der Waals surface area contributed by atoms with Crippen molar-refractivity contribution >= 4 is 17.2 Å². The number of nitrogens with zero attached hydrogens (tertiary/aromatic N) is 4. The summed E-state index contributed by atoms with van der Waals surface area (Å²) in [4.78, 5) is 14.2. The topological polar surface area (TPSA) is 51.0 Å². The molecule has 20 heavy (non-hydrogen) atoms. The van der Waals surface area contributed by atoms with E-state index in [9.17, 15) is 4.79 Å². The minimum atomic E-state index is 0.236. The predicted molar refractivity (Wildman–Crippen MR) is 77.6 cm³/mol. The van der Waals surface area contributed by atoms with Gasteiger partial charge in [0.1, 0.15) is 12.2 Å². The van der Waals surface area contributed by atoms with E-state index in [4.69, 9.17) is 0 Å². The Kier molecular flexibility index (Phi) is 3.82. The molecule has 2 aromatic rings. The highest BCUT2D eigenvalue weighted by Crippen LogP contribution is 2.26. The quantitative estimate of drug-likeness (QED) is 0.866. The summed E-state index contributed by atoms with van der Waals surface area (Å²) in [6, 6.07) is 2.02. The van der Waals surface area contributed by atoms with E-state index in [-0.39, 0.29) is 5.91 Å². The van der Waals surface area contributed by atoms with Crippen molar-refractivity contribution in [3.05, 3.63) is 34.5 Å². The number of piperidine rings is 1. The SMILES string of the molecule is Cn1cnnc1C1CCN(C(=O)Cc2ccsc2)CC1. The van der Waals surface area contributed by atoms with Crippen LogP contribution in [-0.4, -0.2) is 38.7 Å². The summed E-state index contributed by atoms with van der Waals surface area (Å²) >= 11 is 1.64. The van der Waals surface area contributed by atoms with E-state index in [0.717, 1.165) is 37.3 Å². The third kappa shape index (κ3) is 2.75. The Morgan fingerprint density at radius 1 is 1.45 bits per heavy atom. The van der Waals surface area contributed by atoms with Gasteiger partial charge in [0, 0.05) is 26.1 Å². The number of rotatable bonds is 3. The molecule has 6 heteroatoms. The predicted octanol–water partition coefficient (Wildman–Crippen LogP) is 1.83.